The lowest BCUT2D eigenvalue weighted by Gasteiger charge is -2.43. The molecule has 2 N–H and O–H groups in total. The van der Waals surface area contributed by atoms with E-state index in [1.165, 1.54) is 18.2 Å². The fourth-order valence-electron chi connectivity index (χ4n) is 7.62. The van der Waals surface area contributed by atoms with Gasteiger partial charge >= 0.3 is 7.12 Å². The van der Waals surface area contributed by atoms with Gasteiger partial charge in [-0.25, -0.2) is 4.90 Å². The van der Waals surface area contributed by atoms with Gasteiger partial charge < -0.3 is 14.8 Å². The highest BCUT2D eigenvalue weighted by molar-refractivity contribution is 6.43. The molecule has 0 unspecified atom stereocenters. The minimum Gasteiger partial charge on any atom is -0.507 e. The third-order valence-corrected chi connectivity index (χ3v) is 9.71. The van der Waals surface area contributed by atoms with Crippen LogP contribution in [0.4, 0.5) is 11.4 Å². The van der Waals surface area contributed by atoms with Crippen molar-refractivity contribution in [3.8, 4) is 5.75 Å². The Morgan fingerprint density at radius 1 is 1.04 bits per heavy atom. The molecule has 2 heterocycles. The third-order valence-electron chi connectivity index (χ3n) is 9.71. The number of nitro benzene ring substituents is 1. The first-order valence-electron chi connectivity index (χ1n) is 15.8. The molecule has 2 amide bonds. The van der Waals surface area contributed by atoms with E-state index >= 15 is 0 Å². The monoisotopic (exact) mass is 620 g/mol. The molecule has 2 aliphatic heterocycles. The molecule has 46 heavy (non-hydrogen) atoms. The van der Waals surface area contributed by atoms with Crippen LogP contribution in [0.25, 0.3) is 11.6 Å². The summed E-state index contributed by atoms with van der Waals surface area (Å²) in [5.41, 5.74) is 6.76. The quantitative estimate of drug-likeness (QED) is 0.0720. The van der Waals surface area contributed by atoms with E-state index in [0.29, 0.717) is 25.7 Å². The minimum atomic E-state index is -1.10. The molecule has 0 saturated carbocycles. The number of benzene rings is 3. The van der Waals surface area contributed by atoms with Crippen LogP contribution in [0.2, 0.25) is 6.32 Å². The van der Waals surface area contributed by atoms with Crippen LogP contribution in [0.3, 0.4) is 0 Å². The second-order valence-electron chi connectivity index (χ2n) is 12.5. The van der Waals surface area contributed by atoms with Crippen molar-refractivity contribution in [2.24, 2.45) is 17.8 Å². The largest absolute Gasteiger partial charge is 0.507 e. The Morgan fingerprint density at radius 2 is 1.76 bits per heavy atom. The van der Waals surface area contributed by atoms with E-state index in [9.17, 15) is 29.8 Å². The normalized spacial score (nSPS) is 23.1. The number of carbonyl (C=O) groups excluding carboxylic acids is 2. The molecule has 0 spiro atoms. The molecule has 10 heteroatoms. The van der Waals surface area contributed by atoms with Crippen molar-refractivity contribution in [2.45, 2.75) is 58.9 Å². The van der Waals surface area contributed by atoms with Crippen molar-refractivity contribution in [3.05, 3.63) is 110 Å². The van der Waals surface area contributed by atoms with E-state index in [1.54, 1.807) is 6.07 Å². The fourth-order valence-corrected chi connectivity index (χ4v) is 7.62. The zero-order valence-corrected chi connectivity index (χ0v) is 26.2. The first kappa shape index (κ1) is 31.4. The maximum atomic E-state index is 14.0. The molecular weight excluding hydrogens is 583 g/mol. The van der Waals surface area contributed by atoms with Crippen molar-refractivity contribution in [1.82, 2.24) is 0 Å². The summed E-state index contributed by atoms with van der Waals surface area (Å²) in [6.45, 7) is 5.79. The molecule has 0 bridgehead atoms. The summed E-state index contributed by atoms with van der Waals surface area (Å²) in [7, 11) is -1.10. The number of hydrogen-bond donors (Lipinski definition) is 2. The SMILES string of the molecule is CCC1=C2[C@@H](CC/C(=C/c3cc(C)c(O)c(C)c3)c3ccccc3)OB(O)C[C@@H]2[C@@H]2C(=O)N(c3cccc([N+](=O)[O-])c3)C(=O)[C@@H]2C1. The number of non-ortho nitro benzene ring substituents is 1. The zero-order valence-electron chi connectivity index (χ0n) is 26.2. The number of phenolic OH excluding ortho intramolecular Hbond substituents is 1. The molecule has 9 nitrogen and oxygen atoms in total. The Kier molecular flexibility index (Phi) is 8.68. The topological polar surface area (TPSA) is 130 Å². The summed E-state index contributed by atoms with van der Waals surface area (Å²) < 4.78 is 6.20. The second kappa shape index (κ2) is 12.7. The van der Waals surface area contributed by atoms with Crippen molar-refractivity contribution in [1.29, 1.82) is 0 Å². The predicted octanol–water partition coefficient (Wildman–Crippen LogP) is 6.65. The molecule has 2 fully saturated rings. The first-order valence-corrected chi connectivity index (χ1v) is 15.8. The number of fused-ring (bicyclic) bond motifs is 3. The van der Waals surface area contributed by atoms with Gasteiger partial charge in [0.1, 0.15) is 5.75 Å². The summed E-state index contributed by atoms with van der Waals surface area (Å²) in [6.07, 6.45) is 4.13. The number of carbonyl (C=O) groups is 2. The Hall–Kier alpha value is -4.54. The summed E-state index contributed by atoms with van der Waals surface area (Å²) in [6, 6.07) is 19.6. The summed E-state index contributed by atoms with van der Waals surface area (Å²) in [5, 5.41) is 32.7. The lowest BCUT2D eigenvalue weighted by Crippen LogP contribution is -2.46. The van der Waals surface area contributed by atoms with Crippen LogP contribution in [-0.2, 0) is 14.2 Å². The van der Waals surface area contributed by atoms with E-state index in [1.807, 2.05) is 51.1 Å². The van der Waals surface area contributed by atoms with Crippen LogP contribution in [0.5, 0.6) is 5.75 Å². The Morgan fingerprint density at radius 3 is 2.43 bits per heavy atom. The van der Waals surface area contributed by atoms with Gasteiger partial charge in [-0.2, -0.15) is 0 Å². The number of allylic oxidation sites excluding steroid dienone is 2. The molecule has 0 aromatic heterocycles. The molecule has 6 rings (SSSR count). The Bertz CT molecular complexity index is 1750. The molecule has 0 radical (unpaired) electrons. The average Bonchev–Trinajstić information content (AvgIpc) is 3.30. The van der Waals surface area contributed by atoms with E-state index < -0.39 is 30.0 Å². The van der Waals surface area contributed by atoms with Gasteiger partial charge in [0.15, 0.2) is 0 Å². The van der Waals surface area contributed by atoms with Crippen LogP contribution in [0, 0.1) is 41.7 Å². The molecule has 2 saturated heterocycles. The van der Waals surface area contributed by atoms with Crippen LogP contribution in [0.15, 0.2) is 77.9 Å². The minimum absolute atomic E-state index is 0.192. The number of rotatable bonds is 8. The lowest BCUT2D eigenvalue weighted by atomic mass is 9.58. The molecule has 236 valence electrons. The van der Waals surface area contributed by atoms with Gasteiger partial charge in [-0.15, -0.1) is 0 Å². The first-order chi connectivity index (χ1) is 22.1. The van der Waals surface area contributed by atoms with Gasteiger partial charge in [-0.1, -0.05) is 55.0 Å². The van der Waals surface area contributed by atoms with Gasteiger partial charge in [0.2, 0.25) is 11.8 Å². The highest BCUT2D eigenvalue weighted by Gasteiger charge is 2.57. The summed E-state index contributed by atoms with van der Waals surface area (Å²) in [5.74, 6) is -2.11. The van der Waals surface area contributed by atoms with Gasteiger partial charge in [0.05, 0.1) is 28.6 Å². The maximum absolute atomic E-state index is 14.0. The molecular formula is C36H37BN2O7. The van der Waals surface area contributed by atoms with E-state index in [-0.39, 0.29) is 41.2 Å². The van der Waals surface area contributed by atoms with Crippen LogP contribution >= 0.6 is 0 Å². The molecule has 3 aromatic rings. The van der Waals surface area contributed by atoms with Crippen molar-refractivity contribution in [3.63, 3.8) is 0 Å². The number of aryl methyl sites for hydroxylation is 2. The zero-order chi connectivity index (χ0) is 32.7. The fraction of sp³-hybridized carbons (Fsp3) is 0.333. The highest BCUT2D eigenvalue weighted by atomic mass is 16.6. The molecule has 4 atom stereocenters. The van der Waals surface area contributed by atoms with Crippen LogP contribution < -0.4 is 4.90 Å². The molecule has 3 aromatic carbocycles. The standard InChI is InChI=1S/C36H37BN2O7/c1-4-24-18-29-33(36(42)38(35(29)41)27-11-8-12-28(19-27)39(44)45)30-20-37(43)46-31(32(24)30)14-13-26(25-9-6-5-7-10-25)17-23-15-21(2)34(40)22(3)16-23/h5-12,15-17,19,29-31,33,40,43H,4,13-14,18,20H2,1-3H3/b26-17-/t29-,30+,31-,33-/m1/s1. The summed E-state index contributed by atoms with van der Waals surface area (Å²) in [4.78, 5) is 39.7. The number of imide groups is 1. The lowest BCUT2D eigenvalue weighted by molar-refractivity contribution is -0.384. The number of anilines is 1. The molecule has 1 aliphatic carbocycles. The van der Waals surface area contributed by atoms with E-state index in [0.717, 1.165) is 43.9 Å². The second-order valence-corrected chi connectivity index (χ2v) is 12.5. The predicted molar refractivity (Wildman–Crippen MR) is 177 cm³/mol. The van der Waals surface area contributed by atoms with Crippen molar-refractivity contribution < 1.29 is 29.3 Å². The van der Waals surface area contributed by atoms with Gasteiger partial charge in [0.25, 0.3) is 5.69 Å². The number of amides is 2. The third kappa shape index (κ3) is 5.79. The van der Waals surface area contributed by atoms with E-state index in [4.69, 9.17) is 4.65 Å². The van der Waals surface area contributed by atoms with E-state index in [2.05, 4.69) is 18.2 Å². The number of hydrogen-bond acceptors (Lipinski definition) is 7. The van der Waals surface area contributed by atoms with Gasteiger partial charge in [0, 0.05) is 12.1 Å². The number of phenols is 1. The van der Waals surface area contributed by atoms with Crippen molar-refractivity contribution in [2.75, 3.05) is 4.90 Å². The number of aromatic hydroxyl groups is 1. The number of nitrogens with zero attached hydrogens (tertiary/aromatic N) is 2. The maximum Gasteiger partial charge on any atom is 0.455 e. The number of nitro groups is 1. The smallest absolute Gasteiger partial charge is 0.455 e. The molecule has 3 aliphatic rings. The Labute approximate surface area is 268 Å². The Balaban J connectivity index is 1.32. The van der Waals surface area contributed by atoms with Crippen molar-refractivity contribution >= 4 is 42.0 Å². The van der Waals surface area contributed by atoms with Gasteiger partial charge in [-0.3, -0.25) is 19.7 Å². The average molecular weight is 621 g/mol. The van der Waals surface area contributed by atoms with Gasteiger partial charge in [-0.05, 0) is 103 Å². The highest BCUT2D eigenvalue weighted by Crippen LogP contribution is 2.52. The van der Waals surface area contributed by atoms with Crippen LogP contribution in [0.1, 0.15) is 54.9 Å². The summed E-state index contributed by atoms with van der Waals surface area (Å²) >= 11 is 0. The van der Waals surface area contributed by atoms with Crippen LogP contribution in [-0.4, -0.2) is 40.1 Å².